The smallest absolute Gasteiger partial charge is 0.247 e. The molecule has 0 heterocycles. The summed E-state index contributed by atoms with van der Waals surface area (Å²) in [7, 11) is 3.16. The number of ether oxygens (including phenoxy) is 2. The Bertz CT molecular complexity index is 1140. The first kappa shape index (κ1) is 26.7. The van der Waals surface area contributed by atoms with Crippen molar-refractivity contribution in [2.75, 3.05) is 20.8 Å². The molecule has 0 bridgehead atoms. The number of rotatable bonds is 12. The van der Waals surface area contributed by atoms with Gasteiger partial charge in [0.05, 0.1) is 14.2 Å². The van der Waals surface area contributed by atoms with Crippen LogP contribution < -0.4 is 14.8 Å². The Labute approximate surface area is 212 Å². The van der Waals surface area contributed by atoms with Crippen LogP contribution in [0.15, 0.2) is 72.8 Å². The van der Waals surface area contributed by atoms with Crippen molar-refractivity contribution in [3.63, 3.8) is 0 Å². The number of hydrogen-bond acceptors (Lipinski definition) is 4. The summed E-state index contributed by atoms with van der Waals surface area (Å²) >= 11 is 0. The lowest BCUT2D eigenvalue weighted by atomic mass is 10.0. The van der Waals surface area contributed by atoms with Crippen molar-refractivity contribution in [3.8, 4) is 11.5 Å². The number of nitrogens with zero attached hydrogens (tertiary/aromatic N) is 1. The molecule has 0 aliphatic heterocycles. The fraction of sp³-hybridized carbons (Fsp3) is 0.310. The van der Waals surface area contributed by atoms with E-state index in [1.54, 1.807) is 31.3 Å². The van der Waals surface area contributed by atoms with Gasteiger partial charge in [-0.1, -0.05) is 55.5 Å². The number of carbonyl (C=O) groups excluding carboxylic acids is 2. The topological polar surface area (TPSA) is 67.9 Å². The summed E-state index contributed by atoms with van der Waals surface area (Å²) in [4.78, 5) is 28.3. The quantitative estimate of drug-likeness (QED) is 0.383. The molecule has 0 aliphatic rings. The Morgan fingerprint density at radius 2 is 1.58 bits per heavy atom. The highest BCUT2D eigenvalue weighted by molar-refractivity contribution is 5.88. The maximum atomic E-state index is 13.5. The van der Waals surface area contributed by atoms with Crippen LogP contribution in [0, 0.1) is 5.82 Å². The van der Waals surface area contributed by atoms with Crippen LogP contribution in [0.4, 0.5) is 4.39 Å². The predicted molar refractivity (Wildman–Crippen MR) is 137 cm³/mol. The summed E-state index contributed by atoms with van der Waals surface area (Å²) in [6, 6.07) is 20.1. The van der Waals surface area contributed by atoms with Crippen LogP contribution in [0.1, 0.15) is 42.5 Å². The predicted octanol–water partition coefficient (Wildman–Crippen LogP) is 5.07. The summed E-state index contributed by atoms with van der Waals surface area (Å²) in [5.41, 5.74) is 2.45. The molecule has 190 valence electrons. The molecule has 3 aromatic carbocycles. The molecule has 0 spiro atoms. The second-order valence-corrected chi connectivity index (χ2v) is 8.44. The Balaban J connectivity index is 1.82. The summed E-state index contributed by atoms with van der Waals surface area (Å²) in [5.74, 6) is 0.510. The summed E-state index contributed by atoms with van der Waals surface area (Å²) in [6.45, 7) is 2.50. The average Bonchev–Trinajstić information content (AvgIpc) is 2.90. The monoisotopic (exact) mass is 492 g/mol. The first-order chi connectivity index (χ1) is 17.5. The molecule has 6 nitrogen and oxygen atoms in total. The van der Waals surface area contributed by atoms with Gasteiger partial charge in [0, 0.05) is 19.5 Å². The largest absolute Gasteiger partial charge is 0.493 e. The first-order valence-electron chi connectivity index (χ1n) is 12.0. The van der Waals surface area contributed by atoms with Crippen LogP contribution in [0.5, 0.6) is 11.5 Å². The Morgan fingerprint density at radius 3 is 2.22 bits per heavy atom. The van der Waals surface area contributed by atoms with E-state index < -0.39 is 6.04 Å². The molecule has 0 saturated heterocycles. The van der Waals surface area contributed by atoms with Gasteiger partial charge < -0.3 is 19.7 Å². The van der Waals surface area contributed by atoms with E-state index >= 15 is 0 Å². The lowest BCUT2D eigenvalue weighted by Crippen LogP contribution is -2.43. The zero-order valence-electron chi connectivity index (χ0n) is 21.0. The van der Waals surface area contributed by atoms with E-state index in [2.05, 4.69) is 5.32 Å². The van der Waals surface area contributed by atoms with E-state index in [1.807, 2.05) is 55.5 Å². The third kappa shape index (κ3) is 7.07. The van der Waals surface area contributed by atoms with E-state index in [9.17, 15) is 14.0 Å². The van der Waals surface area contributed by atoms with Gasteiger partial charge in [0.1, 0.15) is 11.9 Å². The second kappa shape index (κ2) is 13.3. The molecule has 0 aliphatic carbocycles. The molecular formula is C29H33FN2O4. The van der Waals surface area contributed by atoms with Crippen LogP contribution in [0.25, 0.3) is 0 Å². The highest BCUT2D eigenvalue weighted by Gasteiger charge is 2.31. The van der Waals surface area contributed by atoms with Crippen LogP contribution in [-0.2, 0) is 22.6 Å². The zero-order chi connectivity index (χ0) is 25.9. The zero-order valence-corrected chi connectivity index (χ0v) is 21.0. The van der Waals surface area contributed by atoms with E-state index in [0.29, 0.717) is 42.9 Å². The average molecular weight is 493 g/mol. The van der Waals surface area contributed by atoms with Gasteiger partial charge in [-0.15, -0.1) is 0 Å². The molecule has 1 N–H and O–H groups in total. The molecule has 0 unspecified atom stereocenters. The van der Waals surface area contributed by atoms with Crippen molar-refractivity contribution in [3.05, 3.63) is 95.3 Å². The minimum Gasteiger partial charge on any atom is -0.493 e. The van der Waals surface area contributed by atoms with Gasteiger partial charge in [-0.05, 0) is 53.8 Å². The number of benzene rings is 3. The van der Waals surface area contributed by atoms with Gasteiger partial charge in [0.15, 0.2) is 11.5 Å². The van der Waals surface area contributed by atoms with Gasteiger partial charge in [-0.25, -0.2) is 4.39 Å². The Morgan fingerprint density at radius 1 is 0.917 bits per heavy atom. The van der Waals surface area contributed by atoms with Crippen LogP contribution in [-0.4, -0.2) is 37.5 Å². The van der Waals surface area contributed by atoms with Gasteiger partial charge in [-0.2, -0.15) is 0 Å². The minimum absolute atomic E-state index is 0.134. The number of nitrogens with one attached hydrogen (secondary N) is 1. The third-order valence-electron chi connectivity index (χ3n) is 5.89. The number of carbonyl (C=O) groups is 2. The van der Waals surface area contributed by atoms with Crippen molar-refractivity contribution < 1.29 is 23.5 Å². The summed E-state index contributed by atoms with van der Waals surface area (Å²) in [5, 5.41) is 3.00. The summed E-state index contributed by atoms with van der Waals surface area (Å²) in [6.07, 6.45) is 1.54. The van der Waals surface area contributed by atoms with Gasteiger partial charge in [-0.3, -0.25) is 9.59 Å². The van der Waals surface area contributed by atoms with Crippen molar-refractivity contribution in [2.45, 2.75) is 38.8 Å². The van der Waals surface area contributed by atoms with E-state index in [-0.39, 0.29) is 24.2 Å². The molecule has 3 rings (SSSR count). The molecule has 1 atom stereocenters. The van der Waals surface area contributed by atoms with Gasteiger partial charge >= 0.3 is 0 Å². The molecule has 2 amide bonds. The lowest BCUT2D eigenvalue weighted by molar-refractivity contribution is -0.141. The van der Waals surface area contributed by atoms with E-state index in [1.165, 1.54) is 12.1 Å². The fourth-order valence-corrected chi connectivity index (χ4v) is 4.04. The molecule has 0 saturated carbocycles. The van der Waals surface area contributed by atoms with E-state index in [4.69, 9.17) is 9.47 Å². The third-order valence-corrected chi connectivity index (χ3v) is 5.89. The molecule has 7 heteroatoms. The van der Waals surface area contributed by atoms with Crippen LogP contribution in [0.3, 0.4) is 0 Å². The molecule has 0 fully saturated rings. The standard InChI is InChI=1S/C29H33FN2O4/c1-4-8-27(33)32(20-22-11-14-24(30)15-12-22)28(23-9-6-5-7-10-23)29(34)31-18-17-21-13-16-25(35-2)26(19-21)36-3/h5-7,9-16,19,28H,4,8,17-18,20H2,1-3H3,(H,31,34)/t28-/m0/s1. The fourth-order valence-electron chi connectivity index (χ4n) is 4.04. The highest BCUT2D eigenvalue weighted by Crippen LogP contribution is 2.28. The maximum absolute atomic E-state index is 13.5. The van der Waals surface area contributed by atoms with Gasteiger partial charge in [0.2, 0.25) is 11.8 Å². The number of halogens is 1. The van der Waals surface area contributed by atoms with Crippen molar-refractivity contribution in [1.29, 1.82) is 0 Å². The number of methoxy groups -OCH3 is 2. The Kier molecular flexibility index (Phi) is 9.86. The second-order valence-electron chi connectivity index (χ2n) is 8.44. The SMILES string of the molecule is CCCC(=O)N(Cc1ccc(F)cc1)[C@H](C(=O)NCCc1ccc(OC)c(OC)c1)c1ccccc1. The molecular weight excluding hydrogens is 459 g/mol. The summed E-state index contributed by atoms with van der Waals surface area (Å²) < 4.78 is 24.1. The van der Waals surface area contributed by atoms with Crippen LogP contribution >= 0.6 is 0 Å². The molecule has 36 heavy (non-hydrogen) atoms. The lowest BCUT2D eigenvalue weighted by Gasteiger charge is -2.31. The molecule has 0 aromatic heterocycles. The van der Waals surface area contributed by atoms with E-state index in [0.717, 1.165) is 11.1 Å². The number of hydrogen-bond donors (Lipinski definition) is 1. The highest BCUT2D eigenvalue weighted by atomic mass is 19.1. The molecule has 3 aromatic rings. The Hall–Kier alpha value is -3.87. The van der Waals surface area contributed by atoms with Crippen molar-refractivity contribution >= 4 is 11.8 Å². The normalized spacial score (nSPS) is 11.4. The maximum Gasteiger partial charge on any atom is 0.247 e. The minimum atomic E-state index is -0.819. The van der Waals surface area contributed by atoms with Crippen molar-refractivity contribution in [2.24, 2.45) is 0 Å². The van der Waals surface area contributed by atoms with Crippen molar-refractivity contribution in [1.82, 2.24) is 10.2 Å². The number of amides is 2. The molecule has 0 radical (unpaired) electrons. The van der Waals surface area contributed by atoms with Crippen LogP contribution in [0.2, 0.25) is 0 Å². The van der Waals surface area contributed by atoms with Gasteiger partial charge in [0.25, 0.3) is 0 Å². The first-order valence-corrected chi connectivity index (χ1v) is 12.0.